The van der Waals surface area contributed by atoms with Crippen LogP contribution in [0.5, 0.6) is 0 Å². The number of aromatic nitrogens is 3. The first-order valence-corrected chi connectivity index (χ1v) is 9.39. The first-order chi connectivity index (χ1) is 14.3. The number of aryl methyl sites for hydroxylation is 2. The number of carbonyl (C=O) groups excluding carboxylic acids is 3. The van der Waals surface area contributed by atoms with Crippen molar-refractivity contribution in [3.05, 3.63) is 52.8 Å². The van der Waals surface area contributed by atoms with E-state index < -0.39 is 24.4 Å². The fraction of sp³-hybridized carbons (Fsp3) is 0.250. The summed E-state index contributed by atoms with van der Waals surface area (Å²) in [5.74, 6) is -1.63. The third-order valence-electron chi connectivity index (χ3n) is 4.38. The average Bonchev–Trinajstić information content (AvgIpc) is 3.00. The molecule has 30 heavy (non-hydrogen) atoms. The highest BCUT2D eigenvalue weighted by Gasteiger charge is 2.18. The summed E-state index contributed by atoms with van der Waals surface area (Å²) >= 11 is 5.99. The van der Waals surface area contributed by atoms with E-state index in [0.717, 1.165) is 16.0 Å². The van der Waals surface area contributed by atoms with Crippen LogP contribution in [0.1, 0.15) is 16.1 Å². The van der Waals surface area contributed by atoms with E-state index in [9.17, 15) is 14.4 Å². The largest absolute Gasteiger partial charge is 0.452 e. The second-order valence-corrected chi connectivity index (χ2v) is 7.07. The number of carbonyl (C=O) groups is 3. The van der Waals surface area contributed by atoms with E-state index in [1.165, 1.54) is 13.2 Å². The van der Waals surface area contributed by atoms with Crippen molar-refractivity contribution < 1.29 is 19.1 Å². The lowest BCUT2D eigenvalue weighted by Crippen LogP contribution is -2.37. The molecule has 3 rings (SSSR count). The summed E-state index contributed by atoms with van der Waals surface area (Å²) in [5, 5.41) is 7.99. The number of likely N-dealkylation sites (N-methyl/N-ethyl adjacent to an activating group) is 1. The number of para-hydroxylation sites is 1. The van der Waals surface area contributed by atoms with E-state index in [1.54, 1.807) is 42.1 Å². The van der Waals surface area contributed by atoms with Crippen LogP contribution in [0.2, 0.25) is 5.02 Å². The molecule has 0 atom stereocenters. The maximum atomic E-state index is 12.3. The molecule has 1 N–H and O–H groups in total. The van der Waals surface area contributed by atoms with Crippen LogP contribution in [0.4, 0.5) is 5.69 Å². The highest BCUT2D eigenvalue weighted by Crippen LogP contribution is 2.20. The number of benzene rings is 1. The molecule has 0 fully saturated rings. The lowest BCUT2D eigenvalue weighted by molar-refractivity contribution is -0.136. The van der Waals surface area contributed by atoms with Crippen molar-refractivity contribution >= 4 is 46.1 Å². The lowest BCUT2D eigenvalue weighted by Gasteiger charge is -2.17. The Labute approximate surface area is 177 Å². The van der Waals surface area contributed by atoms with Gasteiger partial charge in [0.15, 0.2) is 12.3 Å². The number of pyridine rings is 1. The van der Waals surface area contributed by atoms with E-state index in [4.69, 9.17) is 16.3 Å². The Morgan fingerprint density at radius 1 is 1.27 bits per heavy atom. The first kappa shape index (κ1) is 21.3. The maximum absolute atomic E-state index is 12.3. The monoisotopic (exact) mass is 429 g/mol. The molecule has 0 aliphatic carbocycles. The zero-order chi connectivity index (χ0) is 21.8. The molecule has 0 bridgehead atoms. The van der Waals surface area contributed by atoms with Crippen LogP contribution < -0.4 is 5.32 Å². The zero-order valence-electron chi connectivity index (χ0n) is 16.7. The Morgan fingerprint density at radius 3 is 2.73 bits per heavy atom. The van der Waals surface area contributed by atoms with Crippen molar-refractivity contribution in [1.29, 1.82) is 0 Å². The fourth-order valence-electron chi connectivity index (χ4n) is 2.80. The molecule has 2 amide bonds. The smallest absolute Gasteiger partial charge is 0.340 e. The minimum absolute atomic E-state index is 0.213. The molecule has 0 aliphatic rings. The van der Waals surface area contributed by atoms with Crippen LogP contribution in [-0.2, 0) is 21.4 Å². The number of amides is 2. The standard InChI is InChI=1S/C20H20ClN5O4/c1-12-14-8-13(9-22-19(14)26(3)24-12)20(29)30-11-18(28)25(2)10-17(27)23-16-7-5-4-6-15(16)21/h4-9H,10-11H2,1-3H3,(H,23,27). The quantitative estimate of drug-likeness (QED) is 0.602. The number of hydrogen-bond donors (Lipinski definition) is 1. The van der Waals surface area contributed by atoms with Gasteiger partial charge in [-0.15, -0.1) is 0 Å². The van der Waals surface area contributed by atoms with Crippen molar-refractivity contribution in [1.82, 2.24) is 19.7 Å². The van der Waals surface area contributed by atoms with Gasteiger partial charge in [0.25, 0.3) is 5.91 Å². The van der Waals surface area contributed by atoms with Crippen molar-refractivity contribution in [3.8, 4) is 0 Å². The minimum atomic E-state index is -0.685. The Balaban J connectivity index is 1.54. The molecule has 0 spiro atoms. The van der Waals surface area contributed by atoms with Gasteiger partial charge in [-0.1, -0.05) is 23.7 Å². The molecule has 0 radical (unpaired) electrons. The summed E-state index contributed by atoms with van der Waals surface area (Å²) in [6.45, 7) is 1.09. The van der Waals surface area contributed by atoms with Crippen molar-refractivity contribution in [2.75, 3.05) is 25.5 Å². The van der Waals surface area contributed by atoms with Gasteiger partial charge in [0.05, 0.1) is 28.5 Å². The van der Waals surface area contributed by atoms with E-state index >= 15 is 0 Å². The second kappa shape index (κ2) is 8.91. The Hall–Kier alpha value is -3.46. The summed E-state index contributed by atoms with van der Waals surface area (Å²) in [6, 6.07) is 8.39. The van der Waals surface area contributed by atoms with Gasteiger partial charge in [-0.2, -0.15) is 5.10 Å². The van der Waals surface area contributed by atoms with Crippen molar-refractivity contribution in [3.63, 3.8) is 0 Å². The second-order valence-electron chi connectivity index (χ2n) is 6.66. The van der Waals surface area contributed by atoms with Crippen molar-refractivity contribution in [2.24, 2.45) is 7.05 Å². The fourth-order valence-corrected chi connectivity index (χ4v) is 2.98. The molecule has 0 saturated carbocycles. The van der Waals surface area contributed by atoms with E-state index in [1.807, 2.05) is 6.92 Å². The molecule has 2 aromatic heterocycles. The molecular formula is C20H20ClN5O4. The number of hydrogen-bond acceptors (Lipinski definition) is 6. The van der Waals surface area contributed by atoms with Gasteiger partial charge >= 0.3 is 5.97 Å². The number of ether oxygens (including phenoxy) is 1. The molecule has 0 unspecified atom stereocenters. The highest BCUT2D eigenvalue weighted by molar-refractivity contribution is 6.33. The molecule has 1 aromatic carbocycles. The van der Waals surface area contributed by atoms with Gasteiger partial charge in [-0.05, 0) is 25.1 Å². The van der Waals surface area contributed by atoms with Gasteiger partial charge in [0.2, 0.25) is 5.91 Å². The maximum Gasteiger partial charge on any atom is 0.340 e. The zero-order valence-corrected chi connectivity index (χ0v) is 17.4. The number of fused-ring (bicyclic) bond motifs is 1. The van der Waals surface area contributed by atoms with Gasteiger partial charge in [0, 0.05) is 25.7 Å². The van der Waals surface area contributed by atoms with Gasteiger partial charge < -0.3 is 15.0 Å². The van der Waals surface area contributed by atoms with Crippen molar-refractivity contribution in [2.45, 2.75) is 6.92 Å². The summed E-state index contributed by atoms with van der Waals surface area (Å²) < 4.78 is 6.69. The van der Waals surface area contributed by atoms with Crippen LogP contribution in [0.25, 0.3) is 11.0 Å². The number of nitrogens with zero attached hydrogens (tertiary/aromatic N) is 4. The Kier molecular flexibility index (Phi) is 6.31. The number of esters is 1. The Bertz CT molecular complexity index is 1130. The topological polar surface area (TPSA) is 106 Å². The minimum Gasteiger partial charge on any atom is -0.452 e. The van der Waals surface area contributed by atoms with Crippen LogP contribution >= 0.6 is 11.6 Å². The molecule has 0 aliphatic heterocycles. The van der Waals surface area contributed by atoms with Gasteiger partial charge in [-0.25, -0.2) is 9.78 Å². The summed E-state index contributed by atoms with van der Waals surface area (Å²) in [4.78, 5) is 42.0. The number of rotatable bonds is 6. The van der Waals surface area contributed by atoms with Crippen LogP contribution in [0, 0.1) is 6.92 Å². The molecule has 10 heteroatoms. The molecule has 3 aromatic rings. The highest BCUT2D eigenvalue weighted by atomic mass is 35.5. The lowest BCUT2D eigenvalue weighted by atomic mass is 10.2. The van der Waals surface area contributed by atoms with E-state index in [2.05, 4.69) is 15.4 Å². The normalized spacial score (nSPS) is 10.7. The predicted molar refractivity (Wildman–Crippen MR) is 111 cm³/mol. The molecule has 156 valence electrons. The number of halogens is 1. The van der Waals surface area contributed by atoms with Crippen LogP contribution in [0.3, 0.4) is 0 Å². The van der Waals surface area contributed by atoms with Gasteiger partial charge in [-0.3, -0.25) is 14.3 Å². The van der Waals surface area contributed by atoms with Crippen LogP contribution in [0.15, 0.2) is 36.5 Å². The number of nitrogens with one attached hydrogen (secondary N) is 1. The third kappa shape index (κ3) is 4.74. The van der Waals surface area contributed by atoms with E-state index in [-0.39, 0.29) is 12.1 Å². The summed E-state index contributed by atoms with van der Waals surface area (Å²) in [7, 11) is 3.20. The Morgan fingerprint density at radius 2 is 2.00 bits per heavy atom. The van der Waals surface area contributed by atoms with E-state index in [0.29, 0.717) is 16.4 Å². The predicted octanol–water partition coefficient (Wildman–Crippen LogP) is 2.18. The summed E-state index contributed by atoms with van der Waals surface area (Å²) in [5.41, 5.74) is 2.04. The van der Waals surface area contributed by atoms with Crippen LogP contribution in [-0.4, -0.2) is 57.6 Å². The molecule has 2 heterocycles. The third-order valence-corrected chi connectivity index (χ3v) is 4.71. The average molecular weight is 430 g/mol. The number of anilines is 1. The SMILES string of the molecule is Cc1nn(C)c2ncc(C(=O)OCC(=O)N(C)CC(=O)Nc3ccccc3Cl)cc12. The molecule has 9 nitrogen and oxygen atoms in total. The molecular weight excluding hydrogens is 410 g/mol. The first-order valence-electron chi connectivity index (χ1n) is 9.01. The van der Waals surface area contributed by atoms with Gasteiger partial charge in [0.1, 0.15) is 0 Å². The summed E-state index contributed by atoms with van der Waals surface area (Å²) in [6.07, 6.45) is 1.37. The molecule has 0 saturated heterocycles.